The Labute approximate surface area is 253 Å². The van der Waals surface area contributed by atoms with E-state index in [2.05, 4.69) is 0 Å². The molecule has 0 fully saturated rings. The molecule has 2 aromatic heterocycles. The van der Waals surface area contributed by atoms with Crippen molar-refractivity contribution in [2.24, 2.45) is 0 Å². The summed E-state index contributed by atoms with van der Waals surface area (Å²) in [6, 6.07) is 26.5. The molecule has 9 aromatic rings. The van der Waals surface area contributed by atoms with Gasteiger partial charge < -0.3 is 8.83 Å². The lowest BCUT2D eigenvalue weighted by atomic mass is 9.86. The maximum Gasteiger partial charge on any atom is 0.144 e. The van der Waals surface area contributed by atoms with Gasteiger partial charge in [0.2, 0.25) is 0 Å². The molecule has 0 saturated heterocycles. The number of hydrogen-bond acceptors (Lipinski definition) is 2. The normalized spacial score (nSPS) is 14.5. The van der Waals surface area contributed by atoms with E-state index in [-0.39, 0.29) is 57.0 Å². The van der Waals surface area contributed by atoms with Crippen LogP contribution in [-0.2, 0) is 0 Å². The Bertz CT molecular complexity index is 2810. The fourth-order valence-electron chi connectivity index (χ4n) is 6.21. The van der Waals surface area contributed by atoms with Crippen LogP contribution in [0.2, 0.25) is 0 Å². The van der Waals surface area contributed by atoms with Crippen molar-refractivity contribution >= 4 is 54.5 Å². The van der Waals surface area contributed by atoms with E-state index in [9.17, 15) is 5.48 Å². The van der Waals surface area contributed by atoms with E-state index in [1.807, 2.05) is 66.7 Å². The standard InChI is InChI=1S/C40H24O2/c1-3-13-25(14-4-1)35-27-17-7-9-19-29(27)37(30-20-10-8-18-28(30)35)40-36(26-15-5-2-6-16-26)39-34(42-40)24-23-33-38(39)31-21-11-12-22-32(31)41-33/h1-24H/i7D,8D,9D,10D,17D,18D,19D,20D. The summed E-state index contributed by atoms with van der Waals surface area (Å²) in [7, 11) is 0. The van der Waals surface area contributed by atoms with Crippen molar-refractivity contribution in [2.75, 3.05) is 0 Å². The summed E-state index contributed by atoms with van der Waals surface area (Å²) in [5.74, 6) is 0.216. The van der Waals surface area contributed by atoms with Gasteiger partial charge in [-0.3, -0.25) is 0 Å². The molecule has 0 saturated carbocycles. The fraction of sp³-hybridized carbons (Fsp3) is 0. The third-order valence-corrected chi connectivity index (χ3v) is 7.92. The van der Waals surface area contributed by atoms with Crippen LogP contribution in [0.25, 0.3) is 88.0 Å². The van der Waals surface area contributed by atoms with Crippen molar-refractivity contribution in [3.05, 3.63) is 145 Å². The van der Waals surface area contributed by atoms with Crippen LogP contribution in [0.15, 0.2) is 154 Å². The predicted octanol–water partition coefficient (Wildman–Crippen LogP) is 11.6. The molecule has 0 amide bonds. The zero-order chi connectivity index (χ0) is 34.6. The van der Waals surface area contributed by atoms with Crippen LogP contribution >= 0.6 is 0 Å². The van der Waals surface area contributed by atoms with E-state index in [4.69, 9.17) is 14.3 Å². The second-order valence-electron chi connectivity index (χ2n) is 10.2. The highest BCUT2D eigenvalue weighted by molar-refractivity contribution is 6.27. The van der Waals surface area contributed by atoms with E-state index >= 15 is 0 Å². The zero-order valence-electron chi connectivity index (χ0n) is 30.1. The first-order valence-corrected chi connectivity index (χ1v) is 13.6. The molecule has 0 N–H and O–H groups in total. The molecule has 2 heteroatoms. The van der Waals surface area contributed by atoms with Crippen LogP contribution in [-0.4, -0.2) is 0 Å². The average Bonchev–Trinajstić information content (AvgIpc) is 3.72. The van der Waals surface area contributed by atoms with Crippen LogP contribution in [0.3, 0.4) is 0 Å². The number of hydrogen-bond donors (Lipinski definition) is 0. The molecule has 0 aliphatic carbocycles. The number of para-hydroxylation sites is 1. The zero-order valence-corrected chi connectivity index (χ0v) is 22.1. The fourth-order valence-corrected chi connectivity index (χ4v) is 6.21. The van der Waals surface area contributed by atoms with Crippen molar-refractivity contribution in [1.82, 2.24) is 0 Å². The Morgan fingerprint density at radius 3 is 1.50 bits per heavy atom. The van der Waals surface area contributed by atoms with Gasteiger partial charge in [-0.2, -0.15) is 0 Å². The molecule has 0 radical (unpaired) electrons. The molecular formula is C40H24O2. The average molecular weight is 545 g/mol. The van der Waals surface area contributed by atoms with Gasteiger partial charge in [-0.15, -0.1) is 0 Å². The minimum Gasteiger partial charge on any atom is -0.456 e. The molecule has 0 aliphatic rings. The van der Waals surface area contributed by atoms with Crippen LogP contribution in [0.5, 0.6) is 0 Å². The summed E-state index contributed by atoms with van der Waals surface area (Å²) in [5, 5.41) is 2.82. The Balaban J connectivity index is 1.63. The first kappa shape index (κ1) is 16.6. The van der Waals surface area contributed by atoms with Gasteiger partial charge >= 0.3 is 0 Å². The van der Waals surface area contributed by atoms with Gasteiger partial charge in [0.15, 0.2) is 0 Å². The maximum absolute atomic E-state index is 9.35. The smallest absolute Gasteiger partial charge is 0.144 e. The van der Waals surface area contributed by atoms with Crippen molar-refractivity contribution in [1.29, 1.82) is 0 Å². The summed E-state index contributed by atoms with van der Waals surface area (Å²) in [6.45, 7) is 0. The van der Waals surface area contributed by atoms with Gasteiger partial charge in [-0.05, 0) is 56.4 Å². The summed E-state index contributed by atoms with van der Waals surface area (Å²) < 4.78 is 85.3. The van der Waals surface area contributed by atoms with Gasteiger partial charge in [-0.25, -0.2) is 0 Å². The van der Waals surface area contributed by atoms with E-state index in [1.165, 1.54) is 0 Å². The van der Waals surface area contributed by atoms with Crippen molar-refractivity contribution in [3.8, 4) is 33.6 Å². The van der Waals surface area contributed by atoms with Gasteiger partial charge in [-0.1, -0.05) is 127 Å². The second-order valence-corrected chi connectivity index (χ2v) is 10.2. The summed E-state index contributed by atoms with van der Waals surface area (Å²) in [5.41, 5.74) is 4.13. The largest absolute Gasteiger partial charge is 0.456 e. The van der Waals surface area contributed by atoms with Crippen molar-refractivity contribution < 1.29 is 19.8 Å². The number of benzene rings is 7. The first-order chi connectivity index (χ1) is 24.2. The van der Waals surface area contributed by atoms with Gasteiger partial charge in [0, 0.05) is 27.3 Å². The van der Waals surface area contributed by atoms with Crippen LogP contribution in [0.4, 0.5) is 0 Å². The van der Waals surface area contributed by atoms with E-state index in [0.717, 1.165) is 16.3 Å². The maximum atomic E-state index is 9.35. The molecule has 9 rings (SSSR count). The molecule has 7 aromatic carbocycles. The van der Waals surface area contributed by atoms with Crippen molar-refractivity contribution in [2.45, 2.75) is 0 Å². The van der Waals surface area contributed by atoms with Crippen LogP contribution < -0.4 is 0 Å². The third-order valence-electron chi connectivity index (χ3n) is 7.92. The Morgan fingerprint density at radius 1 is 0.381 bits per heavy atom. The molecule has 0 atom stereocenters. The van der Waals surface area contributed by atoms with Gasteiger partial charge in [0.1, 0.15) is 22.5 Å². The lowest BCUT2D eigenvalue weighted by Crippen LogP contribution is -1.91. The van der Waals surface area contributed by atoms with E-state index < -0.39 is 24.2 Å². The molecule has 0 aliphatic heterocycles. The summed E-state index contributed by atoms with van der Waals surface area (Å²) in [4.78, 5) is 0. The van der Waals surface area contributed by atoms with Gasteiger partial charge in [0.25, 0.3) is 0 Å². The van der Waals surface area contributed by atoms with Crippen LogP contribution in [0, 0.1) is 0 Å². The molecule has 196 valence electrons. The minimum absolute atomic E-state index is 0.0944. The highest BCUT2D eigenvalue weighted by atomic mass is 16.3. The Morgan fingerprint density at radius 2 is 0.881 bits per heavy atom. The lowest BCUT2D eigenvalue weighted by Gasteiger charge is -2.17. The third kappa shape index (κ3) is 3.27. The van der Waals surface area contributed by atoms with Crippen LogP contribution in [0.1, 0.15) is 11.0 Å². The second kappa shape index (κ2) is 8.95. The van der Waals surface area contributed by atoms with E-state index in [0.29, 0.717) is 38.8 Å². The highest BCUT2D eigenvalue weighted by Gasteiger charge is 2.26. The SMILES string of the molecule is [2H]c1c([2H])c([2H])c2c(-c3oc4ccc5oc6ccccc6c5c4c3-c3ccccc3)c3c([2H])c([2H])c([2H])c([2H])c3c(-c3ccccc3)c2c1[2H]. The molecular weight excluding hydrogens is 512 g/mol. The molecule has 2 nitrogen and oxygen atoms in total. The molecule has 0 spiro atoms. The molecule has 0 bridgehead atoms. The summed E-state index contributed by atoms with van der Waals surface area (Å²) in [6.07, 6.45) is 0. The monoisotopic (exact) mass is 544 g/mol. The minimum atomic E-state index is -0.469. The number of rotatable bonds is 3. The predicted molar refractivity (Wildman–Crippen MR) is 175 cm³/mol. The topological polar surface area (TPSA) is 26.3 Å². The molecule has 2 heterocycles. The first-order valence-electron chi connectivity index (χ1n) is 17.6. The number of furan rings is 2. The highest BCUT2D eigenvalue weighted by Crippen LogP contribution is 2.51. The van der Waals surface area contributed by atoms with E-state index in [1.54, 1.807) is 30.3 Å². The van der Waals surface area contributed by atoms with Gasteiger partial charge in [0.05, 0.1) is 11.0 Å². The molecule has 0 unspecified atom stereocenters. The quantitative estimate of drug-likeness (QED) is 0.207. The summed E-state index contributed by atoms with van der Waals surface area (Å²) >= 11 is 0. The Kier molecular flexibility index (Phi) is 3.54. The lowest BCUT2D eigenvalue weighted by molar-refractivity contribution is 0.633. The Hall–Kier alpha value is -5.60. The molecule has 42 heavy (non-hydrogen) atoms. The number of fused-ring (bicyclic) bond motifs is 7. The van der Waals surface area contributed by atoms with Crippen molar-refractivity contribution in [3.63, 3.8) is 0 Å².